The highest BCUT2D eigenvalue weighted by Crippen LogP contribution is 2.33. The minimum absolute atomic E-state index is 0.145. The van der Waals surface area contributed by atoms with E-state index in [1.54, 1.807) is 23.2 Å². The zero-order valence-electron chi connectivity index (χ0n) is 17.6. The van der Waals surface area contributed by atoms with Gasteiger partial charge in [0.2, 0.25) is 0 Å². The number of anilines is 4. The molecule has 5 heterocycles. The summed E-state index contributed by atoms with van der Waals surface area (Å²) < 4.78 is 33.1. The summed E-state index contributed by atoms with van der Waals surface area (Å²) >= 11 is 0. The van der Waals surface area contributed by atoms with Gasteiger partial charge in [0.15, 0.2) is 0 Å². The molecule has 2 N–H and O–H groups in total. The molecule has 10 heteroatoms. The summed E-state index contributed by atoms with van der Waals surface area (Å²) in [6.45, 7) is 4.05. The van der Waals surface area contributed by atoms with Gasteiger partial charge in [0.25, 0.3) is 11.5 Å². The van der Waals surface area contributed by atoms with Gasteiger partial charge in [-0.15, -0.1) is 0 Å². The van der Waals surface area contributed by atoms with Crippen molar-refractivity contribution in [1.29, 1.82) is 0 Å². The standard InChI is InChI=1S/C22H24F2N6O2/c1-14-12-29(8-9-32-14)17-3-2-16(11-26-17)27-20-19-15(4-6-25-21(19)31)10-18(28-20)30-7-5-22(23,24)13-30/h2-4,6,10-11,14H,5,7-9,12-13H2,1H3,(H,25,31)(H,27,28)/t14-/m1/s1. The number of hydrogen-bond donors (Lipinski definition) is 2. The molecule has 0 unspecified atom stereocenters. The zero-order valence-corrected chi connectivity index (χ0v) is 17.6. The van der Waals surface area contributed by atoms with Crippen LogP contribution in [0.15, 0.2) is 41.5 Å². The highest BCUT2D eigenvalue weighted by atomic mass is 19.3. The summed E-state index contributed by atoms with van der Waals surface area (Å²) in [7, 11) is 0. The van der Waals surface area contributed by atoms with Crippen molar-refractivity contribution in [2.75, 3.05) is 47.9 Å². The highest BCUT2D eigenvalue weighted by Gasteiger charge is 2.39. The SMILES string of the molecule is C[C@@H]1CN(c2ccc(Nc3nc(N4CCC(F)(F)C4)cc4cc[nH]c(=O)c34)cn2)CCO1. The van der Waals surface area contributed by atoms with E-state index in [0.717, 1.165) is 18.9 Å². The van der Waals surface area contributed by atoms with Crippen LogP contribution in [0, 0.1) is 0 Å². The highest BCUT2D eigenvalue weighted by molar-refractivity contribution is 5.94. The molecule has 32 heavy (non-hydrogen) atoms. The van der Waals surface area contributed by atoms with Gasteiger partial charge in [0.1, 0.15) is 17.5 Å². The number of nitrogens with zero attached hydrogens (tertiary/aromatic N) is 4. The molecule has 3 aromatic rings. The molecule has 2 saturated heterocycles. The number of halogens is 2. The quantitative estimate of drug-likeness (QED) is 0.642. The average molecular weight is 442 g/mol. The molecule has 0 spiro atoms. The van der Waals surface area contributed by atoms with Crippen LogP contribution in [0.3, 0.4) is 0 Å². The van der Waals surface area contributed by atoms with Crippen LogP contribution in [0.25, 0.3) is 10.8 Å². The molecule has 8 nitrogen and oxygen atoms in total. The summed E-state index contributed by atoms with van der Waals surface area (Å²) in [6.07, 6.45) is 3.15. The summed E-state index contributed by atoms with van der Waals surface area (Å²) in [4.78, 5) is 27.9. The van der Waals surface area contributed by atoms with Crippen molar-refractivity contribution in [3.63, 3.8) is 0 Å². The maximum Gasteiger partial charge on any atom is 0.266 e. The first-order valence-corrected chi connectivity index (χ1v) is 10.6. The molecule has 3 aromatic heterocycles. The third kappa shape index (κ3) is 4.10. The molecule has 2 aliphatic heterocycles. The number of aromatic nitrogens is 3. The lowest BCUT2D eigenvalue weighted by Crippen LogP contribution is -2.41. The lowest BCUT2D eigenvalue weighted by atomic mass is 10.2. The Hall–Kier alpha value is -3.27. The lowest BCUT2D eigenvalue weighted by molar-refractivity contribution is 0.0256. The van der Waals surface area contributed by atoms with E-state index in [9.17, 15) is 13.6 Å². The van der Waals surface area contributed by atoms with Crippen molar-refractivity contribution in [1.82, 2.24) is 15.0 Å². The Morgan fingerprint density at radius 1 is 1.22 bits per heavy atom. The monoisotopic (exact) mass is 442 g/mol. The van der Waals surface area contributed by atoms with Crippen molar-refractivity contribution in [2.45, 2.75) is 25.4 Å². The summed E-state index contributed by atoms with van der Waals surface area (Å²) in [5.41, 5.74) is 0.346. The molecule has 0 aliphatic carbocycles. The van der Waals surface area contributed by atoms with Crippen molar-refractivity contribution in [3.05, 3.63) is 47.0 Å². The smallest absolute Gasteiger partial charge is 0.266 e. The molecule has 1 atom stereocenters. The number of H-pyrrole nitrogens is 1. The number of aromatic amines is 1. The van der Waals surface area contributed by atoms with Gasteiger partial charge in [-0.1, -0.05) is 0 Å². The van der Waals surface area contributed by atoms with E-state index >= 15 is 0 Å². The maximum atomic E-state index is 13.8. The van der Waals surface area contributed by atoms with Crippen molar-refractivity contribution < 1.29 is 13.5 Å². The van der Waals surface area contributed by atoms with Crippen LogP contribution >= 0.6 is 0 Å². The first-order valence-electron chi connectivity index (χ1n) is 10.6. The Morgan fingerprint density at radius 3 is 2.81 bits per heavy atom. The molecule has 168 valence electrons. The lowest BCUT2D eigenvalue weighted by Gasteiger charge is -2.32. The molecule has 2 fully saturated rings. The second-order valence-electron chi connectivity index (χ2n) is 8.29. The van der Waals surface area contributed by atoms with Gasteiger partial charge < -0.3 is 24.8 Å². The number of pyridine rings is 3. The van der Waals surface area contributed by atoms with Crippen LogP contribution in [0.1, 0.15) is 13.3 Å². The average Bonchev–Trinajstić information content (AvgIpc) is 3.14. The first-order chi connectivity index (χ1) is 15.4. The number of rotatable bonds is 4. The topological polar surface area (TPSA) is 86.4 Å². The largest absolute Gasteiger partial charge is 0.375 e. The van der Waals surface area contributed by atoms with E-state index in [1.165, 1.54) is 6.20 Å². The van der Waals surface area contributed by atoms with Gasteiger partial charge in [-0.3, -0.25) is 4.79 Å². The van der Waals surface area contributed by atoms with Gasteiger partial charge in [0.05, 0.1) is 36.5 Å². The maximum absolute atomic E-state index is 13.8. The predicted octanol–water partition coefficient (Wildman–Crippen LogP) is 3.13. The molecule has 0 saturated carbocycles. The Bertz CT molecular complexity index is 1180. The number of morpholine rings is 1. The van der Waals surface area contributed by atoms with Crippen molar-refractivity contribution >= 4 is 33.9 Å². The molecule has 2 aliphatic rings. The number of hydrogen-bond acceptors (Lipinski definition) is 7. The van der Waals surface area contributed by atoms with Crippen LogP contribution in [0.4, 0.5) is 31.9 Å². The number of ether oxygens (including phenoxy) is 1. The van der Waals surface area contributed by atoms with E-state index < -0.39 is 5.92 Å². The van der Waals surface area contributed by atoms with Gasteiger partial charge >= 0.3 is 0 Å². The molecule has 0 radical (unpaired) electrons. The second-order valence-corrected chi connectivity index (χ2v) is 8.29. The normalized spacial score (nSPS) is 20.7. The van der Waals surface area contributed by atoms with Gasteiger partial charge in [-0.25, -0.2) is 18.7 Å². The van der Waals surface area contributed by atoms with Crippen LogP contribution in [-0.4, -0.2) is 59.8 Å². The fourth-order valence-corrected chi connectivity index (χ4v) is 4.19. The molecular formula is C22H24F2N6O2. The van der Waals surface area contributed by atoms with E-state index in [-0.39, 0.29) is 31.2 Å². The Kier molecular flexibility index (Phi) is 5.16. The summed E-state index contributed by atoms with van der Waals surface area (Å²) in [6, 6.07) is 7.18. The second kappa shape index (κ2) is 8.01. The molecule has 0 bridgehead atoms. The van der Waals surface area contributed by atoms with Crippen LogP contribution in [-0.2, 0) is 4.74 Å². The zero-order chi connectivity index (χ0) is 22.3. The van der Waals surface area contributed by atoms with E-state index in [2.05, 4.69) is 25.2 Å². The number of fused-ring (bicyclic) bond motifs is 1. The molecule has 0 amide bonds. The summed E-state index contributed by atoms with van der Waals surface area (Å²) in [5, 5.41) is 4.16. The third-order valence-electron chi connectivity index (χ3n) is 5.81. The predicted molar refractivity (Wildman–Crippen MR) is 119 cm³/mol. The van der Waals surface area contributed by atoms with Crippen LogP contribution in [0.2, 0.25) is 0 Å². The Morgan fingerprint density at radius 2 is 2.09 bits per heavy atom. The van der Waals surface area contributed by atoms with E-state index in [0.29, 0.717) is 34.7 Å². The van der Waals surface area contributed by atoms with Crippen LogP contribution < -0.4 is 20.7 Å². The van der Waals surface area contributed by atoms with E-state index in [1.807, 2.05) is 19.1 Å². The third-order valence-corrected chi connectivity index (χ3v) is 5.81. The van der Waals surface area contributed by atoms with Gasteiger partial charge in [-0.05, 0) is 36.6 Å². The van der Waals surface area contributed by atoms with Crippen LogP contribution in [0.5, 0.6) is 0 Å². The minimum Gasteiger partial charge on any atom is -0.375 e. The number of nitrogens with one attached hydrogen (secondary N) is 2. The fourth-order valence-electron chi connectivity index (χ4n) is 4.19. The Balaban J connectivity index is 1.46. The van der Waals surface area contributed by atoms with Crippen molar-refractivity contribution in [3.8, 4) is 0 Å². The molecule has 5 rings (SSSR count). The van der Waals surface area contributed by atoms with Gasteiger partial charge in [-0.2, -0.15) is 0 Å². The van der Waals surface area contributed by atoms with Gasteiger partial charge in [0, 0.05) is 32.3 Å². The Labute approximate surface area is 183 Å². The fraction of sp³-hybridized carbons (Fsp3) is 0.409. The number of alkyl halides is 2. The van der Waals surface area contributed by atoms with E-state index in [4.69, 9.17) is 4.74 Å². The summed E-state index contributed by atoms with van der Waals surface area (Å²) in [5.74, 6) is -1.18. The molecule has 0 aromatic carbocycles. The first kappa shape index (κ1) is 20.6. The minimum atomic E-state index is -2.74. The molecular weight excluding hydrogens is 418 g/mol. The van der Waals surface area contributed by atoms with Crippen molar-refractivity contribution in [2.24, 2.45) is 0 Å².